The Balaban J connectivity index is 1.61. The standard InChI is InChI=1S/C13H27N3/c1-2-12-3-6-16(11-12)10-9-15-7-4-13(14)5-8-15/h12-13H,2-11,14H2,1H3. The Morgan fingerprint density at radius 1 is 1.00 bits per heavy atom. The van der Waals surface area contributed by atoms with Gasteiger partial charge in [0.15, 0.2) is 0 Å². The van der Waals surface area contributed by atoms with Crippen LogP contribution in [0, 0.1) is 5.92 Å². The molecule has 2 rings (SSSR count). The van der Waals surface area contributed by atoms with Gasteiger partial charge in [0.1, 0.15) is 0 Å². The Bertz CT molecular complexity index is 197. The highest BCUT2D eigenvalue weighted by Gasteiger charge is 2.22. The van der Waals surface area contributed by atoms with Gasteiger partial charge >= 0.3 is 0 Å². The van der Waals surface area contributed by atoms with Crippen molar-refractivity contribution in [2.24, 2.45) is 11.7 Å². The molecule has 0 spiro atoms. The number of hydrogen-bond acceptors (Lipinski definition) is 3. The summed E-state index contributed by atoms with van der Waals surface area (Å²) in [6, 6.07) is 0.465. The molecular formula is C13H27N3. The molecule has 0 amide bonds. The maximum absolute atomic E-state index is 5.91. The summed E-state index contributed by atoms with van der Waals surface area (Å²) >= 11 is 0. The van der Waals surface area contributed by atoms with Crippen LogP contribution >= 0.6 is 0 Å². The molecule has 1 unspecified atom stereocenters. The summed E-state index contributed by atoms with van der Waals surface area (Å²) in [6.45, 7) is 9.93. The summed E-state index contributed by atoms with van der Waals surface area (Å²) in [6.07, 6.45) is 5.16. The van der Waals surface area contributed by atoms with E-state index in [0.717, 1.165) is 5.92 Å². The minimum absolute atomic E-state index is 0.465. The zero-order valence-corrected chi connectivity index (χ0v) is 10.7. The van der Waals surface area contributed by atoms with E-state index in [4.69, 9.17) is 5.73 Å². The number of nitrogens with zero attached hydrogens (tertiary/aromatic N) is 2. The van der Waals surface area contributed by atoms with Crippen molar-refractivity contribution in [3.63, 3.8) is 0 Å². The molecule has 0 aromatic rings. The molecule has 2 N–H and O–H groups in total. The van der Waals surface area contributed by atoms with Crippen molar-refractivity contribution in [2.45, 2.75) is 38.6 Å². The largest absolute Gasteiger partial charge is 0.328 e. The summed E-state index contributed by atoms with van der Waals surface area (Å²) in [5.74, 6) is 0.967. The first-order chi connectivity index (χ1) is 7.78. The van der Waals surface area contributed by atoms with Gasteiger partial charge in [-0.25, -0.2) is 0 Å². The normalized spacial score (nSPS) is 30.0. The molecule has 2 heterocycles. The van der Waals surface area contributed by atoms with E-state index in [1.165, 1.54) is 65.0 Å². The van der Waals surface area contributed by atoms with Gasteiger partial charge in [-0.05, 0) is 44.8 Å². The molecule has 0 aliphatic carbocycles. The summed E-state index contributed by atoms with van der Waals surface area (Å²) < 4.78 is 0. The summed E-state index contributed by atoms with van der Waals surface area (Å²) in [7, 11) is 0. The van der Waals surface area contributed by atoms with Gasteiger partial charge in [-0.1, -0.05) is 13.3 Å². The number of hydrogen-bond donors (Lipinski definition) is 1. The van der Waals surface area contributed by atoms with E-state index in [1.807, 2.05) is 0 Å². The second-order valence-corrected chi connectivity index (χ2v) is 5.54. The molecule has 2 saturated heterocycles. The van der Waals surface area contributed by atoms with E-state index in [9.17, 15) is 0 Å². The van der Waals surface area contributed by atoms with Crippen molar-refractivity contribution in [2.75, 3.05) is 39.3 Å². The first kappa shape index (κ1) is 12.3. The predicted octanol–water partition coefficient (Wildman–Crippen LogP) is 1.14. The topological polar surface area (TPSA) is 32.5 Å². The number of rotatable bonds is 4. The van der Waals surface area contributed by atoms with Gasteiger partial charge < -0.3 is 15.5 Å². The van der Waals surface area contributed by atoms with Crippen LogP contribution in [0.25, 0.3) is 0 Å². The Kier molecular flexibility index (Phi) is 4.62. The van der Waals surface area contributed by atoms with Gasteiger partial charge in [0.2, 0.25) is 0 Å². The van der Waals surface area contributed by atoms with Crippen molar-refractivity contribution in [1.82, 2.24) is 9.80 Å². The number of piperidine rings is 1. The molecule has 0 aromatic carbocycles. The van der Waals surface area contributed by atoms with Gasteiger partial charge in [-0.2, -0.15) is 0 Å². The highest BCUT2D eigenvalue weighted by molar-refractivity contribution is 4.78. The van der Waals surface area contributed by atoms with Crippen molar-refractivity contribution in [3.05, 3.63) is 0 Å². The van der Waals surface area contributed by atoms with E-state index < -0.39 is 0 Å². The van der Waals surface area contributed by atoms with Crippen LogP contribution in [0.5, 0.6) is 0 Å². The van der Waals surface area contributed by atoms with Gasteiger partial charge in [-0.15, -0.1) is 0 Å². The Morgan fingerprint density at radius 3 is 2.25 bits per heavy atom. The van der Waals surface area contributed by atoms with Crippen LogP contribution in [0.3, 0.4) is 0 Å². The van der Waals surface area contributed by atoms with Crippen LogP contribution in [0.15, 0.2) is 0 Å². The third-order valence-electron chi connectivity index (χ3n) is 4.31. The summed E-state index contributed by atoms with van der Waals surface area (Å²) in [5, 5.41) is 0. The molecule has 0 saturated carbocycles. The lowest BCUT2D eigenvalue weighted by molar-refractivity contribution is 0.184. The summed E-state index contributed by atoms with van der Waals surface area (Å²) in [4.78, 5) is 5.23. The van der Waals surface area contributed by atoms with Crippen LogP contribution in [-0.2, 0) is 0 Å². The van der Waals surface area contributed by atoms with E-state index >= 15 is 0 Å². The lowest BCUT2D eigenvalue weighted by Crippen LogP contribution is -2.42. The maximum atomic E-state index is 5.91. The molecule has 94 valence electrons. The Hall–Kier alpha value is -0.120. The highest BCUT2D eigenvalue weighted by atomic mass is 15.2. The van der Waals surface area contributed by atoms with Crippen molar-refractivity contribution < 1.29 is 0 Å². The molecule has 2 aliphatic rings. The average Bonchev–Trinajstić information content (AvgIpc) is 2.76. The molecule has 0 aromatic heterocycles. The van der Waals surface area contributed by atoms with Crippen LogP contribution in [-0.4, -0.2) is 55.1 Å². The molecule has 16 heavy (non-hydrogen) atoms. The lowest BCUT2D eigenvalue weighted by atomic mass is 10.1. The van der Waals surface area contributed by atoms with Crippen LogP contribution < -0.4 is 5.73 Å². The molecule has 3 heteroatoms. The Morgan fingerprint density at radius 2 is 1.62 bits per heavy atom. The number of nitrogens with two attached hydrogens (primary N) is 1. The SMILES string of the molecule is CCC1CCN(CCN2CCC(N)CC2)C1. The lowest BCUT2D eigenvalue weighted by Gasteiger charge is -2.31. The zero-order valence-electron chi connectivity index (χ0n) is 10.7. The van der Waals surface area contributed by atoms with Crippen LogP contribution in [0.2, 0.25) is 0 Å². The van der Waals surface area contributed by atoms with E-state index in [1.54, 1.807) is 0 Å². The minimum Gasteiger partial charge on any atom is -0.328 e. The van der Waals surface area contributed by atoms with Gasteiger partial charge in [0.25, 0.3) is 0 Å². The van der Waals surface area contributed by atoms with Crippen LogP contribution in [0.4, 0.5) is 0 Å². The van der Waals surface area contributed by atoms with Crippen molar-refractivity contribution in [3.8, 4) is 0 Å². The van der Waals surface area contributed by atoms with Crippen LogP contribution in [0.1, 0.15) is 32.6 Å². The fraction of sp³-hybridized carbons (Fsp3) is 1.00. The fourth-order valence-corrected chi connectivity index (χ4v) is 2.91. The molecule has 1 atom stereocenters. The highest BCUT2D eigenvalue weighted by Crippen LogP contribution is 2.18. The van der Waals surface area contributed by atoms with Crippen molar-refractivity contribution >= 4 is 0 Å². The monoisotopic (exact) mass is 225 g/mol. The molecule has 3 nitrogen and oxygen atoms in total. The van der Waals surface area contributed by atoms with E-state index in [-0.39, 0.29) is 0 Å². The van der Waals surface area contributed by atoms with Crippen molar-refractivity contribution in [1.29, 1.82) is 0 Å². The summed E-state index contributed by atoms with van der Waals surface area (Å²) in [5.41, 5.74) is 5.91. The van der Waals surface area contributed by atoms with Gasteiger partial charge in [0.05, 0.1) is 0 Å². The quantitative estimate of drug-likeness (QED) is 0.779. The number of likely N-dealkylation sites (tertiary alicyclic amines) is 2. The fourth-order valence-electron chi connectivity index (χ4n) is 2.91. The second kappa shape index (κ2) is 5.99. The third-order valence-corrected chi connectivity index (χ3v) is 4.31. The zero-order chi connectivity index (χ0) is 11.4. The minimum atomic E-state index is 0.465. The first-order valence-electron chi connectivity index (χ1n) is 6.98. The van der Waals surface area contributed by atoms with E-state index in [2.05, 4.69) is 16.7 Å². The average molecular weight is 225 g/mol. The smallest absolute Gasteiger partial charge is 0.0109 e. The third kappa shape index (κ3) is 3.44. The molecule has 2 aliphatic heterocycles. The molecule has 2 fully saturated rings. The van der Waals surface area contributed by atoms with Gasteiger partial charge in [-0.3, -0.25) is 0 Å². The molecule has 0 radical (unpaired) electrons. The van der Waals surface area contributed by atoms with E-state index in [0.29, 0.717) is 6.04 Å². The predicted molar refractivity (Wildman–Crippen MR) is 68.5 cm³/mol. The molecule has 0 bridgehead atoms. The van der Waals surface area contributed by atoms with Gasteiger partial charge in [0, 0.05) is 25.7 Å². The maximum Gasteiger partial charge on any atom is 0.0109 e. The second-order valence-electron chi connectivity index (χ2n) is 5.54. The Labute approximate surface area is 100.0 Å². The molecular weight excluding hydrogens is 198 g/mol. The first-order valence-corrected chi connectivity index (χ1v) is 6.98.